The van der Waals surface area contributed by atoms with Crippen LogP contribution in [0.3, 0.4) is 0 Å². The zero-order chi connectivity index (χ0) is 21.5. The quantitative estimate of drug-likeness (QED) is 0.256. The Morgan fingerprint density at radius 3 is 2.10 bits per heavy atom. The molecule has 0 radical (unpaired) electrons. The Bertz CT molecular complexity index is 655. The smallest absolute Gasteiger partial charge is 0.233 e. The molecule has 1 aromatic rings. The minimum absolute atomic E-state index is 0.00763. The Morgan fingerprint density at radius 1 is 1.00 bits per heavy atom. The molecule has 0 saturated carbocycles. The first-order chi connectivity index (χ1) is 13.6. The van der Waals surface area contributed by atoms with Gasteiger partial charge in [0.2, 0.25) is 11.8 Å². The van der Waals surface area contributed by atoms with Crippen LogP contribution >= 0.6 is 0 Å². The maximum Gasteiger partial charge on any atom is 0.233 e. The fraction of sp³-hybridized carbons (Fsp3) is 0.652. The molecule has 2 rings (SSSR count). The number of amides is 2. The molecule has 1 heterocycles. The van der Waals surface area contributed by atoms with E-state index < -0.39 is 0 Å². The van der Waals surface area contributed by atoms with Crippen molar-refractivity contribution >= 4 is 11.8 Å². The van der Waals surface area contributed by atoms with Gasteiger partial charge in [0.1, 0.15) is 0 Å². The van der Waals surface area contributed by atoms with Gasteiger partial charge in [0.05, 0.1) is 0 Å². The number of piperidine rings is 1. The number of likely N-dealkylation sites (tertiary alicyclic amines) is 1. The van der Waals surface area contributed by atoms with Crippen LogP contribution in [0, 0.1) is 0 Å². The summed E-state index contributed by atoms with van der Waals surface area (Å²) >= 11 is 0. The fourth-order valence-corrected chi connectivity index (χ4v) is 4.85. The van der Waals surface area contributed by atoms with Gasteiger partial charge in [0.25, 0.3) is 0 Å². The van der Waals surface area contributed by atoms with Crippen LogP contribution in [-0.2, 0) is 16.0 Å². The molecule has 0 spiro atoms. The summed E-state index contributed by atoms with van der Waals surface area (Å²) in [5.41, 5.74) is 3.49. The van der Waals surface area contributed by atoms with Gasteiger partial charge in [-0.25, -0.2) is 5.84 Å². The van der Waals surface area contributed by atoms with Crippen LogP contribution in [-0.4, -0.2) is 40.4 Å². The summed E-state index contributed by atoms with van der Waals surface area (Å²) in [4.78, 5) is 26.1. The Kier molecular flexibility index (Phi) is 8.23. The fourth-order valence-electron chi connectivity index (χ4n) is 4.85. The Labute approximate surface area is 175 Å². The molecule has 1 aliphatic rings. The summed E-state index contributed by atoms with van der Waals surface area (Å²) < 4.78 is 0. The minimum Gasteiger partial charge on any atom is -0.353 e. The highest BCUT2D eigenvalue weighted by atomic mass is 16.2. The lowest BCUT2D eigenvalue weighted by atomic mass is 9.76. The summed E-state index contributed by atoms with van der Waals surface area (Å²) in [6, 6.07) is 10.8. The third-order valence-corrected chi connectivity index (χ3v) is 6.00. The number of hydrogen-bond donors (Lipinski definition) is 3. The molecule has 2 amide bonds. The first-order valence-electron chi connectivity index (χ1n) is 10.7. The average Bonchev–Trinajstić information content (AvgIpc) is 2.64. The highest BCUT2D eigenvalue weighted by molar-refractivity contribution is 5.77. The second kappa shape index (κ2) is 10.2. The van der Waals surface area contributed by atoms with Crippen molar-refractivity contribution < 1.29 is 9.59 Å². The van der Waals surface area contributed by atoms with Gasteiger partial charge in [0.15, 0.2) is 0 Å². The number of hydrogen-bond acceptors (Lipinski definition) is 4. The van der Waals surface area contributed by atoms with Gasteiger partial charge in [-0.3, -0.25) is 19.9 Å². The largest absolute Gasteiger partial charge is 0.353 e. The summed E-state index contributed by atoms with van der Waals surface area (Å²) in [5.74, 6) is 4.96. The normalized spacial score (nSPS) is 18.9. The summed E-state index contributed by atoms with van der Waals surface area (Å²) in [7, 11) is 0. The van der Waals surface area contributed by atoms with E-state index in [-0.39, 0.29) is 28.9 Å². The van der Waals surface area contributed by atoms with Crippen LogP contribution in [0.4, 0.5) is 0 Å². The maximum absolute atomic E-state index is 12.4. The van der Waals surface area contributed by atoms with Crippen LogP contribution in [0.5, 0.6) is 0 Å². The zero-order valence-corrected chi connectivity index (χ0v) is 18.5. The molecule has 1 fully saturated rings. The standard InChI is InChI=1S/C23H38N4O2/c1-22(2)16-19(25-20(28)12-8-9-13-21(29)26-24)17-23(3,4)27(22)15-14-18-10-6-5-7-11-18/h5-7,10-11,19H,8-9,12-17,24H2,1-4H3,(H,25,28)(H,26,29). The van der Waals surface area contributed by atoms with Crippen LogP contribution in [0.15, 0.2) is 30.3 Å². The van der Waals surface area contributed by atoms with E-state index >= 15 is 0 Å². The van der Waals surface area contributed by atoms with E-state index in [9.17, 15) is 9.59 Å². The monoisotopic (exact) mass is 402 g/mol. The summed E-state index contributed by atoms with van der Waals surface area (Å²) in [5, 5.41) is 3.24. The van der Waals surface area contributed by atoms with Crippen molar-refractivity contribution in [3.8, 4) is 0 Å². The van der Waals surface area contributed by atoms with E-state index in [4.69, 9.17) is 5.84 Å². The number of hydrazine groups is 1. The van der Waals surface area contributed by atoms with Gasteiger partial charge in [-0.05, 0) is 65.4 Å². The molecule has 0 aromatic heterocycles. The molecule has 6 heteroatoms. The molecule has 1 aliphatic heterocycles. The van der Waals surface area contributed by atoms with Crippen LogP contribution in [0.2, 0.25) is 0 Å². The maximum atomic E-state index is 12.4. The lowest BCUT2D eigenvalue weighted by molar-refractivity contribution is -0.124. The van der Waals surface area contributed by atoms with Crippen molar-refractivity contribution in [2.75, 3.05) is 6.54 Å². The van der Waals surface area contributed by atoms with E-state index in [1.807, 2.05) is 0 Å². The Morgan fingerprint density at radius 2 is 1.55 bits per heavy atom. The molecule has 6 nitrogen and oxygen atoms in total. The van der Waals surface area contributed by atoms with E-state index in [1.54, 1.807) is 0 Å². The SMILES string of the molecule is CC1(C)CC(NC(=O)CCCCC(=O)NN)CC(C)(C)N1CCc1ccccc1. The topological polar surface area (TPSA) is 87.5 Å². The minimum atomic E-state index is -0.184. The third-order valence-electron chi connectivity index (χ3n) is 6.00. The first-order valence-corrected chi connectivity index (χ1v) is 10.7. The molecule has 0 aliphatic carbocycles. The molecule has 1 saturated heterocycles. The second-order valence-electron chi connectivity index (χ2n) is 9.46. The zero-order valence-electron chi connectivity index (χ0n) is 18.5. The van der Waals surface area contributed by atoms with Crippen molar-refractivity contribution in [1.29, 1.82) is 0 Å². The van der Waals surface area contributed by atoms with Crippen molar-refractivity contribution in [2.45, 2.75) is 89.8 Å². The van der Waals surface area contributed by atoms with Crippen molar-refractivity contribution in [3.63, 3.8) is 0 Å². The van der Waals surface area contributed by atoms with E-state index in [0.29, 0.717) is 25.7 Å². The van der Waals surface area contributed by atoms with Crippen molar-refractivity contribution in [1.82, 2.24) is 15.6 Å². The predicted octanol–water partition coefficient (Wildman–Crippen LogP) is 2.92. The molecule has 0 atom stereocenters. The van der Waals surface area contributed by atoms with Crippen LogP contribution in [0.1, 0.15) is 71.8 Å². The molecule has 0 unspecified atom stereocenters. The highest BCUT2D eigenvalue weighted by Crippen LogP contribution is 2.38. The number of unbranched alkanes of at least 4 members (excludes halogenated alkanes) is 1. The van der Waals surface area contributed by atoms with Crippen molar-refractivity contribution in [3.05, 3.63) is 35.9 Å². The first kappa shape index (κ1) is 23.4. The van der Waals surface area contributed by atoms with Crippen LogP contribution in [0.25, 0.3) is 0 Å². The van der Waals surface area contributed by atoms with Gasteiger partial charge >= 0.3 is 0 Å². The number of carbonyl (C=O) groups excluding carboxylic acids is 2. The summed E-state index contributed by atoms with van der Waals surface area (Å²) in [6.07, 6.45) is 5.09. The van der Waals surface area contributed by atoms with Gasteiger partial charge in [-0.15, -0.1) is 0 Å². The highest BCUT2D eigenvalue weighted by Gasteiger charge is 2.45. The predicted molar refractivity (Wildman–Crippen MR) is 117 cm³/mol. The molecule has 1 aromatic carbocycles. The van der Waals surface area contributed by atoms with Crippen molar-refractivity contribution in [2.24, 2.45) is 5.84 Å². The number of benzene rings is 1. The van der Waals surface area contributed by atoms with Gasteiger partial charge in [-0.1, -0.05) is 30.3 Å². The number of rotatable bonds is 9. The average molecular weight is 403 g/mol. The van der Waals surface area contributed by atoms with E-state index in [1.165, 1.54) is 5.56 Å². The van der Waals surface area contributed by atoms with E-state index in [0.717, 1.165) is 25.8 Å². The number of nitrogens with two attached hydrogens (primary N) is 1. The molecule has 4 N–H and O–H groups in total. The lowest BCUT2D eigenvalue weighted by Crippen LogP contribution is -2.64. The Hall–Kier alpha value is -1.92. The van der Waals surface area contributed by atoms with Gasteiger partial charge in [-0.2, -0.15) is 0 Å². The Balaban J connectivity index is 1.86. The molecule has 0 bridgehead atoms. The number of carbonyl (C=O) groups is 2. The molecular weight excluding hydrogens is 364 g/mol. The van der Waals surface area contributed by atoms with Gasteiger partial charge in [0, 0.05) is 36.5 Å². The lowest BCUT2D eigenvalue weighted by Gasteiger charge is -2.55. The molecular formula is C23H38N4O2. The number of nitrogens with one attached hydrogen (secondary N) is 2. The second-order valence-corrected chi connectivity index (χ2v) is 9.46. The molecule has 162 valence electrons. The van der Waals surface area contributed by atoms with E-state index in [2.05, 4.69) is 73.7 Å². The van der Waals surface area contributed by atoms with Gasteiger partial charge < -0.3 is 5.32 Å². The molecule has 29 heavy (non-hydrogen) atoms. The van der Waals surface area contributed by atoms with Crippen LogP contribution < -0.4 is 16.6 Å². The third kappa shape index (κ3) is 7.12. The number of nitrogens with zero attached hydrogens (tertiary/aromatic N) is 1. The summed E-state index contributed by atoms with van der Waals surface area (Å²) in [6.45, 7) is 10.1.